The highest BCUT2D eigenvalue weighted by Crippen LogP contribution is 2.36. The molecular formula is C27H38BNO5. The van der Waals surface area contributed by atoms with Crippen LogP contribution in [-0.2, 0) is 14.0 Å². The molecule has 1 aliphatic rings. The van der Waals surface area contributed by atoms with E-state index < -0.39 is 23.9 Å². The van der Waals surface area contributed by atoms with Crippen molar-refractivity contribution in [3.63, 3.8) is 0 Å². The van der Waals surface area contributed by atoms with Gasteiger partial charge in [-0.25, -0.2) is 4.79 Å². The van der Waals surface area contributed by atoms with E-state index in [1.54, 1.807) is 11.9 Å². The van der Waals surface area contributed by atoms with Crippen LogP contribution in [0.25, 0.3) is 0 Å². The first-order valence-electron chi connectivity index (χ1n) is 11.9. The van der Waals surface area contributed by atoms with Crippen LogP contribution >= 0.6 is 0 Å². The lowest BCUT2D eigenvalue weighted by atomic mass is 9.79. The van der Waals surface area contributed by atoms with Crippen LogP contribution < -0.4 is 10.2 Å². The van der Waals surface area contributed by atoms with Gasteiger partial charge < -0.3 is 23.7 Å². The summed E-state index contributed by atoms with van der Waals surface area (Å²) in [6.07, 6.45) is 0.0298. The molecule has 0 saturated carbocycles. The zero-order valence-corrected chi connectivity index (χ0v) is 21.8. The van der Waals surface area contributed by atoms with E-state index >= 15 is 0 Å². The summed E-state index contributed by atoms with van der Waals surface area (Å²) in [4.78, 5) is 14.0. The average molecular weight is 467 g/mol. The Bertz CT molecular complexity index is 954. The number of nitrogens with zero attached hydrogens (tertiary/aromatic N) is 1. The van der Waals surface area contributed by atoms with Crippen molar-refractivity contribution in [3.05, 3.63) is 60.2 Å². The Balaban J connectivity index is 1.74. The van der Waals surface area contributed by atoms with Crippen LogP contribution in [0.1, 0.15) is 66.6 Å². The molecule has 0 bridgehead atoms. The zero-order chi connectivity index (χ0) is 25.1. The van der Waals surface area contributed by atoms with Gasteiger partial charge in [0, 0.05) is 20.0 Å². The molecule has 0 N–H and O–H groups in total. The van der Waals surface area contributed by atoms with Gasteiger partial charge in [-0.05, 0) is 71.6 Å². The molecular weight excluding hydrogens is 429 g/mol. The predicted octanol–water partition coefficient (Wildman–Crippen LogP) is 5.36. The van der Waals surface area contributed by atoms with Crippen molar-refractivity contribution in [3.8, 4) is 5.75 Å². The molecule has 0 aliphatic carbocycles. The Morgan fingerprint density at radius 2 is 1.62 bits per heavy atom. The smallest absolute Gasteiger partial charge is 0.486 e. The van der Waals surface area contributed by atoms with Gasteiger partial charge in [0.15, 0.2) is 0 Å². The first-order chi connectivity index (χ1) is 15.8. The first kappa shape index (κ1) is 26.1. The van der Waals surface area contributed by atoms with E-state index in [2.05, 4.69) is 0 Å². The minimum absolute atomic E-state index is 0.236. The van der Waals surface area contributed by atoms with Crippen LogP contribution in [0.15, 0.2) is 54.6 Å². The largest absolute Gasteiger partial charge is 0.494 e. The zero-order valence-electron chi connectivity index (χ0n) is 21.8. The van der Waals surface area contributed by atoms with Gasteiger partial charge in [0.2, 0.25) is 0 Å². The van der Waals surface area contributed by atoms with Crippen LogP contribution in [0, 0.1) is 0 Å². The van der Waals surface area contributed by atoms with E-state index in [0.717, 1.165) is 16.8 Å². The van der Waals surface area contributed by atoms with Crippen molar-refractivity contribution in [2.75, 3.05) is 13.6 Å². The van der Waals surface area contributed by atoms with E-state index in [4.69, 9.17) is 18.8 Å². The maximum Gasteiger partial charge on any atom is 0.494 e. The van der Waals surface area contributed by atoms with Gasteiger partial charge in [0.1, 0.15) is 17.5 Å². The standard InChI is InChI=1S/C27H38BNO5/c1-25(2,3)32-24(30)29(8)18-17-23(20-13-10-9-11-14-20)31-22-16-12-15-21(19-22)28-33-26(4,5)27(6,7)34-28/h9-16,19,23H,17-18H2,1-8H3/t23-/m1/s1. The summed E-state index contributed by atoms with van der Waals surface area (Å²) in [5.74, 6) is 0.723. The fourth-order valence-electron chi connectivity index (χ4n) is 3.58. The number of hydrogen-bond acceptors (Lipinski definition) is 5. The normalized spacial score (nSPS) is 17.8. The lowest BCUT2D eigenvalue weighted by molar-refractivity contribution is 0.00578. The lowest BCUT2D eigenvalue weighted by Crippen LogP contribution is -2.41. The predicted molar refractivity (Wildman–Crippen MR) is 135 cm³/mol. The fraction of sp³-hybridized carbons (Fsp3) is 0.519. The molecule has 6 nitrogen and oxygen atoms in total. The summed E-state index contributed by atoms with van der Waals surface area (Å²) in [6.45, 7) is 14.2. The molecule has 1 atom stereocenters. The molecule has 0 aromatic heterocycles. The van der Waals surface area contributed by atoms with Crippen molar-refractivity contribution < 1.29 is 23.6 Å². The molecule has 0 radical (unpaired) electrons. The Kier molecular flexibility index (Phi) is 7.68. The molecule has 0 spiro atoms. The number of ether oxygens (including phenoxy) is 2. The monoisotopic (exact) mass is 467 g/mol. The molecule has 34 heavy (non-hydrogen) atoms. The molecule has 184 valence electrons. The second kappa shape index (κ2) is 10.0. The summed E-state index contributed by atoms with van der Waals surface area (Å²) in [5, 5.41) is 0. The van der Waals surface area contributed by atoms with E-state index in [-0.39, 0.29) is 12.2 Å². The Labute approximate surface area is 204 Å². The average Bonchev–Trinajstić information content (AvgIpc) is 2.97. The van der Waals surface area contributed by atoms with Gasteiger partial charge in [0.25, 0.3) is 0 Å². The summed E-state index contributed by atoms with van der Waals surface area (Å²) >= 11 is 0. The minimum atomic E-state index is -0.533. The number of amides is 1. The van der Waals surface area contributed by atoms with Crippen LogP contribution in [0.4, 0.5) is 4.79 Å². The first-order valence-corrected chi connectivity index (χ1v) is 11.9. The van der Waals surface area contributed by atoms with Gasteiger partial charge in [-0.2, -0.15) is 0 Å². The third-order valence-electron chi connectivity index (χ3n) is 6.27. The molecule has 1 heterocycles. The highest BCUT2D eigenvalue weighted by molar-refractivity contribution is 6.62. The van der Waals surface area contributed by atoms with Crippen LogP contribution in [-0.4, -0.2) is 48.5 Å². The minimum Gasteiger partial charge on any atom is -0.486 e. The van der Waals surface area contributed by atoms with Gasteiger partial charge in [-0.1, -0.05) is 42.5 Å². The maximum atomic E-state index is 12.4. The van der Waals surface area contributed by atoms with E-state index in [1.807, 2.05) is 103 Å². The van der Waals surface area contributed by atoms with Crippen LogP contribution in [0.3, 0.4) is 0 Å². The van der Waals surface area contributed by atoms with Crippen LogP contribution in [0.2, 0.25) is 0 Å². The number of rotatable bonds is 7. The van der Waals surface area contributed by atoms with Gasteiger partial charge in [-0.3, -0.25) is 0 Å². The summed E-state index contributed by atoms with van der Waals surface area (Å²) in [5.41, 5.74) is 0.602. The fourth-order valence-corrected chi connectivity index (χ4v) is 3.58. The van der Waals surface area contributed by atoms with Gasteiger partial charge in [-0.15, -0.1) is 0 Å². The van der Waals surface area contributed by atoms with Gasteiger partial charge >= 0.3 is 13.2 Å². The quantitative estimate of drug-likeness (QED) is 0.513. The topological polar surface area (TPSA) is 57.2 Å². The molecule has 3 rings (SSSR count). The van der Waals surface area contributed by atoms with Gasteiger partial charge in [0.05, 0.1) is 11.2 Å². The van der Waals surface area contributed by atoms with E-state index in [1.165, 1.54) is 0 Å². The molecule has 7 heteroatoms. The van der Waals surface area contributed by atoms with E-state index in [0.29, 0.717) is 13.0 Å². The molecule has 1 aliphatic heterocycles. The Morgan fingerprint density at radius 3 is 2.21 bits per heavy atom. The number of carbonyl (C=O) groups is 1. The molecule has 1 saturated heterocycles. The Hall–Kier alpha value is -2.51. The van der Waals surface area contributed by atoms with Crippen molar-refractivity contribution in [1.82, 2.24) is 4.90 Å². The van der Waals surface area contributed by atoms with Crippen molar-refractivity contribution in [1.29, 1.82) is 0 Å². The second-order valence-corrected chi connectivity index (χ2v) is 10.9. The highest BCUT2D eigenvalue weighted by atomic mass is 16.7. The lowest BCUT2D eigenvalue weighted by Gasteiger charge is -2.32. The van der Waals surface area contributed by atoms with Crippen LogP contribution in [0.5, 0.6) is 5.75 Å². The van der Waals surface area contributed by atoms with Crippen molar-refractivity contribution in [2.24, 2.45) is 0 Å². The summed E-state index contributed by atoms with van der Waals surface area (Å²) in [6, 6.07) is 17.9. The second-order valence-electron chi connectivity index (χ2n) is 10.9. The SMILES string of the molecule is CN(CC[C@@H](Oc1cccc(B2OC(C)(C)C(C)(C)O2)c1)c1ccccc1)C(=O)OC(C)(C)C. The molecule has 2 aromatic rings. The molecule has 2 aromatic carbocycles. The number of carbonyl (C=O) groups excluding carboxylic acids is 1. The number of benzene rings is 2. The molecule has 1 fully saturated rings. The summed E-state index contributed by atoms with van der Waals surface area (Å²) < 4.78 is 24.3. The maximum absolute atomic E-state index is 12.4. The molecule has 0 unspecified atom stereocenters. The van der Waals surface area contributed by atoms with Crippen molar-refractivity contribution >= 4 is 18.7 Å². The van der Waals surface area contributed by atoms with E-state index in [9.17, 15) is 4.79 Å². The third-order valence-corrected chi connectivity index (χ3v) is 6.27. The van der Waals surface area contributed by atoms with Crippen molar-refractivity contribution in [2.45, 2.75) is 77.8 Å². The number of hydrogen-bond donors (Lipinski definition) is 0. The summed E-state index contributed by atoms with van der Waals surface area (Å²) in [7, 11) is 1.29. The molecule has 1 amide bonds. The Morgan fingerprint density at radius 1 is 1.00 bits per heavy atom. The highest BCUT2D eigenvalue weighted by Gasteiger charge is 2.51. The third kappa shape index (κ3) is 6.54.